The molecule has 0 saturated heterocycles. The first-order valence-electron chi connectivity index (χ1n) is 6.29. The van der Waals surface area contributed by atoms with E-state index < -0.39 is 17.9 Å². The van der Waals surface area contributed by atoms with E-state index in [0.29, 0.717) is 0 Å². The third kappa shape index (κ3) is 5.99. The lowest BCUT2D eigenvalue weighted by atomic mass is 10.1. The van der Waals surface area contributed by atoms with Crippen molar-refractivity contribution >= 4 is 17.8 Å². The van der Waals surface area contributed by atoms with Gasteiger partial charge in [-0.3, -0.25) is 9.59 Å². The SMILES string of the molecule is CC(=O)NCCC(=O)NC(Cc1ccccc1)C(=O)O. The molecule has 0 aromatic heterocycles. The van der Waals surface area contributed by atoms with Crippen LogP contribution in [0, 0.1) is 0 Å². The Bertz CT molecular complexity index is 473. The third-order valence-corrected chi connectivity index (χ3v) is 2.64. The van der Waals surface area contributed by atoms with Gasteiger partial charge in [0.25, 0.3) is 0 Å². The fourth-order valence-corrected chi connectivity index (χ4v) is 1.67. The first-order valence-corrected chi connectivity index (χ1v) is 6.29. The fraction of sp³-hybridized carbons (Fsp3) is 0.357. The topological polar surface area (TPSA) is 95.5 Å². The summed E-state index contributed by atoms with van der Waals surface area (Å²) in [5.74, 6) is -1.71. The molecule has 1 aromatic rings. The summed E-state index contributed by atoms with van der Waals surface area (Å²) < 4.78 is 0. The molecule has 0 heterocycles. The van der Waals surface area contributed by atoms with Crippen molar-refractivity contribution in [3.05, 3.63) is 35.9 Å². The predicted molar refractivity (Wildman–Crippen MR) is 73.0 cm³/mol. The second-order valence-electron chi connectivity index (χ2n) is 4.38. The molecule has 0 radical (unpaired) electrons. The van der Waals surface area contributed by atoms with Crippen LogP contribution >= 0.6 is 0 Å². The Hall–Kier alpha value is -2.37. The Labute approximate surface area is 117 Å². The van der Waals surface area contributed by atoms with E-state index in [2.05, 4.69) is 10.6 Å². The zero-order valence-electron chi connectivity index (χ0n) is 11.3. The smallest absolute Gasteiger partial charge is 0.326 e. The number of aliphatic carboxylic acids is 1. The molecular formula is C14H18N2O4. The summed E-state index contributed by atoms with van der Waals surface area (Å²) >= 11 is 0. The van der Waals surface area contributed by atoms with E-state index in [1.807, 2.05) is 18.2 Å². The van der Waals surface area contributed by atoms with Gasteiger partial charge in [-0.05, 0) is 5.56 Å². The Kier molecular flexibility index (Phi) is 6.22. The van der Waals surface area contributed by atoms with Crippen molar-refractivity contribution in [1.29, 1.82) is 0 Å². The van der Waals surface area contributed by atoms with Crippen molar-refractivity contribution in [3.63, 3.8) is 0 Å². The van der Waals surface area contributed by atoms with Gasteiger partial charge in [-0.1, -0.05) is 30.3 Å². The highest BCUT2D eigenvalue weighted by atomic mass is 16.4. The van der Waals surface area contributed by atoms with Gasteiger partial charge in [0.05, 0.1) is 0 Å². The van der Waals surface area contributed by atoms with Crippen LogP contribution < -0.4 is 10.6 Å². The number of amides is 2. The van der Waals surface area contributed by atoms with Gasteiger partial charge in [-0.25, -0.2) is 4.79 Å². The van der Waals surface area contributed by atoms with Crippen LogP contribution in [0.1, 0.15) is 18.9 Å². The molecule has 3 N–H and O–H groups in total. The molecule has 0 saturated carbocycles. The molecule has 1 rings (SSSR count). The first kappa shape index (κ1) is 15.7. The van der Waals surface area contributed by atoms with Gasteiger partial charge < -0.3 is 15.7 Å². The quantitative estimate of drug-likeness (QED) is 0.669. The predicted octanol–water partition coefficient (Wildman–Crippen LogP) is 0.325. The van der Waals surface area contributed by atoms with Crippen LogP contribution in [-0.2, 0) is 20.8 Å². The molecule has 0 bridgehead atoms. The number of rotatable bonds is 7. The van der Waals surface area contributed by atoms with Crippen molar-refractivity contribution in [2.45, 2.75) is 25.8 Å². The van der Waals surface area contributed by atoms with E-state index in [4.69, 9.17) is 5.11 Å². The Balaban J connectivity index is 2.49. The van der Waals surface area contributed by atoms with Crippen LogP contribution in [0.4, 0.5) is 0 Å². The number of hydrogen-bond donors (Lipinski definition) is 3. The monoisotopic (exact) mass is 278 g/mol. The number of carbonyl (C=O) groups is 3. The van der Waals surface area contributed by atoms with Gasteiger partial charge in [0.1, 0.15) is 6.04 Å². The molecule has 0 aliphatic carbocycles. The van der Waals surface area contributed by atoms with E-state index in [-0.39, 0.29) is 25.3 Å². The molecular weight excluding hydrogens is 260 g/mol. The lowest BCUT2D eigenvalue weighted by Gasteiger charge is -2.14. The summed E-state index contributed by atoms with van der Waals surface area (Å²) in [5.41, 5.74) is 0.835. The van der Waals surface area contributed by atoms with Gasteiger partial charge in [0.2, 0.25) is 11.8 Å². The number of hydrogen-bond acceptors (Lipinski definition) is 3. The summed E-state index contributed by atoms with van der Waals surface area (Å²) in [7, 11) is 0. The summed E-state index contributed by atoms with van der Waals surface area (Å²) in [4.78, 5) is 33.4. The minimum Gasteiger partial charge on any atom is -0.480 e. The van der Waals surface area contributed by atoms with E-state index in [0.717, 1.165) is 5.56 Å². The maximum atomic E-state index is 11.6. The number of carboxylic acid groups (broad SMARTS) is 1. The van der Waals surface area contributed by atoms with Crippen LogP contribution in [0.25, 0.3) is 0 Å². The number of nitrogens with one attached hydrogen (secondary N) is 2. The number of carbonyl (C=O) groups excluding carboxylic acids is 2. The average Bonchev–Trinajstić information content (AvgIpc) is 2.38. The van der Waals surface area contributed by atoms with E-state index in [1.54, 1.807) is 12.1 Å². The molecule has 1 unspecified atom stereocenters. The van der Waals surface area contributed by atoms with Crippen LogP contribution in [0.15, 0.2) is 30.3 Å². The first-order chi connectivity index (χ1) is 9.49. The zero-order chi connectivity index (χ0) is 15.0. The van der Waals surface area contributed by atoms with Crippen LogP contribution in [0.5, 0.6) is 0 Å². The molecule has 1 aromatic carbocycles. The summed E-state index contributed by atoms with van der Waals surface area (Å²) in [6.07, 6.45) is 0.278. The molecule has 6 nitrogen and oxygen atoms in total. The average molecular weight is 278 g/mol. The molecule has 108 valence electrons. The molecule has 2 amide bonds. The summed E-state index contributed by atoms with van der Waals surface area (Å²) in [5, 5.41) is 14.0. The summed E-state index contributed by atoms with van der Waals surface area (Å²) in [6.45, 7) is 1.55. The van der Waals surface area contributed by atoms with Crippen LogP contribution in [0.3, 0.4) is 0 Å². The van der Waals surface area contributed by atoms with Gasteiger partial charge in [-0.2, -0.15) is 0 Å². The van der Waals surface area contributed by atoms with Crippen molar-refractivity contribution in [2.24, 2.45) is 0 Å². The van der Waals surface area contributed by atoms with Crippen molar-refractivity contribution in [1.82, 2.24) is 10.6 Å². The maximum Gasteiger partial charge on any atom is 0.326 e. The second kappa shape index (κ2) is 7.93. The van der Waals surface area contributed by atoms with E-state index in [9.17, 15) is 14.4 Å². The molecule has 20 heavy (non-hydrogen) atoms. The van der Waals surface area contributed by atoms with Crippen LogP contribution in [0.2, 0.25) is 0 Å². The minimum atomic E-state index is -1.08. The Morgan fingerprint density at radius 1 is 1.20 bits per heavy atom. The Morgan fingerprint density at radius 2 is 1.85 bits per heavy atom. The zero-order valence-corrected chi connectivity index (χ0v) is 11.3. The van der Waals surface area contributed by atoms with Gasteiger partial charge in [0.15, 0.2) is 0 Å². The van der Waals surface area contributed by atoms with Gasteiger partial charge in [-0.15, -0.1) is 0 Å². The molecule has 0 spiro atoms. The van der Waals surface area contributed by atoms with Gasteiger partial charge in [0, 0.05) is 26.3 Å². The van der Waals surface area contributed by atoms with Crippen molar-refractivity contribution in [2.75, 3.05) is 6.54 Å². The van der Waals surface area contributed by atoms with Gasteiger partial charge >= 0.3 is 5.97 Å². The van der Waals surface area contributed by atoms with E-state index in [1.165, 1.54) is 6.92 Å². The standard InChI is InChI=1S/C14H18N2O4/c1-10(17)15-8-7-13(18)16-12(14(19)20)9-11-5-3-2-4-6-11/h2-6,12H,7-9H2,1H3,(H,15,17)(H,16,18)(H,19,20). The van der Waals surface area contributed by atoms with E-state index >= 15 is 0 Å². The number of benzene rings is 1. The largest absolute Gasteiger partial charge is 0.480 e. The normalized spacial score (nSPS) is 11.4. The highest BCUT2D eigenvalue weighted by Crippen LogP contribution is 2.03. The second-order valence-corrected chi connectivity index (χ2v) is 4.38. The van der Waals surface area contributed by atoms with Crippen LogP contribution in [-0.4, -0.2) is 35.5 Å². The highest BCUT2D eigenvalue weighted by molar-refractivity contribution is 5.84. The lowest BCUT2D eigenvalue weighted by Crippen LogP contribution is -2.43. The molecule has 0 aliphatic heterocycles. The summed E-state index contributed by atoms with van der Waals surface area (Å²) in [6, 6.07) is 8.10. The third-order valence-electron chi connectivity index (χ3n) is 2.64. The Morgan fingerprint density at radius 3 is 2.40 bits per heavy atom. The number of carboxylic acids is 1. The van der Waals surface area contributed by atoms with Crippen molar-refractivity contribution in [3.8, 4) is 0 Å². The molecule has 1 atom stereocenters. The molecule has 6 heteroatoms. The van der Waals surface area contributed by atoms with Crippen molar-refractivity contribution < 1.29 is 19.5 Å². The minimum absolute atomic E-state index is 0.0537. The molecule has 0 fully saturated rings. The highest BCUT2D eigenvalue weighted by Gasteiger charge is 2.19. The maximum absolute atomic E-state index is 11.6. The fourth-order valence-electron chi connectivity index (χ4n) is 1.67. The lowest BCUT2D eigenvalue weighted by molar-refractivity contribution is -0.141. The molecule has 0 aliphatic rings.